The quantitative estimate of drug-likeness (QED) is 0.346. The van der Waals surface area contributed by atoms with Crippen LogP contribution in [0.3, 0.4) is 0 Å². The van der Waals surface area contributed by atoms with Crippen molar-refractivity contribution in [3.8, 4) is 0 Å². The van der Waals surface area contributed by atoms with Crippen LogP contribution in [0.25, 0.3) is 10.4 Å². The van der Waals surface area contributed by atoms with Crippen LogP contribution in [-0.2, 0) is 9.53 Å². The van der Waals surface area contributed by atoms with E-state index < -0.39 is 18.1 Å². The highest BCUT2D eigenvalue weighted by Crippen LogP contribution is 2.33. The van der Waals surface area contributed by atoms with Gasteiger partial charge in [0, 0.05) is 23.6 Å². The van der Waals surface area contributed by atoms with E-state index in [9.17, 15) is 9.59 Å². The lowest BCUT2D eigenvalue weighted by atomic mass is 10.1. The van der Waals surface area contributed by atoms with Crippen LogP contribution in [0.4, 0.5) is 5.69 Å². The topological polar surface area (TPSA) is 95.4 Å². The Labute approximate surface area is 157 Å². The number of carbonyl (C=O) groups excluding carboxylic acids is 2. The molecule has 0 aromatic heterocycles. The minimum Gasteiger partial charge on any atom is -0.457 e. The Bertz CT molecular complexity index is 850. The lowest BCUT2D eigenvalue weighted by molar-refractivity contribution is -0.117. The predicted octanol–water partition coefficient (Wildman–Crippen LogP) is 4.11. The smallest absolute Gasteiger partial charge is 0.338 e. The van der Waals surface area contributed by atoms with Crippen LogP contribution in [0.2, 0.25) is 0 Å². The number of rotatable bonds is 5. The minimum absolute atomic E-state index is 0.159. The molecule has 2 aromatic carbocycles. The summed E-state index contributed by atoms with van der Waals surface area (Å²) in [5.74, 6) is -0.614. The van der Waals surface area contributed by atoms with Crippen molar-refractivity contribution in [1.82, 2.24) is 0 Å². The second-order valence-corrected chi connectivity index (χ2v) is 6.43. The van der Waals surface area contributed by atoms with Gasteiger partial charge in [-0.3, -0.25) is 4.79 Å². The Kier molecular flexibility index (Phi) is 5.74. The minimum atomic E-state index is -0.558. The van der Waals surface area contributed by atoms with E-state index in [2.05, 4.69) is 10.0 Å². The first-order valence-electron chi connectivity index (χ1n) is 8.75. The summed E-state index contributed by atoms with van der Waals surface area (Å²) in [7, 11) is 0. The summed E-state index contributed by atoms with van der Waals surface area (Å²) in [4.78, 5) is 29.4. The van der Waals surface area contributed by atoms with Crippen LogP contribution in [-0.4, -0.2) is 30.1 Å². The standard InChI is InChI=1S/C20H20N4O3/c1-14(25)24(17-10-6-3-7-11-17)18-12-16(22-23-21)13-19(18)27-20(26)15-8-4-2-5-9-15/h2-11,16,18-19H,12-13H2,1H3. The van der Waals surface area contributed by atoms with Crippen LogP contribution in [0.15, 0.2) is 65.8 Å². The molecule has 7 heteroatoms. The van der Waals surface area contributed by atoms with E-state index in [-0.39, 0.29) is 11.9 Å². The maximum absolute atomic E-state index is 12.5. The lowest BCUT2D eigenvalue weighted by Gasteiger charge is -2.32. The van der Waals surface area contributed by atoms with Gasteiger partial charge in [0.05, 0.1) is 11.6 Å². The van der Waals surface area contributed by atoms with Gasteiger partial charge >= 0.3 is 5.97 Å². The highest BCUT2D eigenvalue weighted by molar-refractivity contribution is 5.93. The predicted molar refractivity (Wildman–Crippen MR) is 101 cm³/mol. The zero-order valence-corrected chi connectivity index (χ0v) is 14.9. The maximum Gasteiger partial charge on any atom is 0.338 e. The van der Waals surface area contributed by atoms with Crippen LogP contribution in [0, 0.1) is 0 Å². The molecule has 3 rings (SSSR count). The molecule has 1 fully saturated rings. The van der Waals surface area contributed by atoms with Crippen LogP contribution in [0.5, 0.6) is 0 Å². The molecule has 1 aliphatic rings. The van der Waals surface area contributed by atoms with Gasteiger partial charge in [0.1, 0.15) is 6.10 Å². The Morgan fingerprint density at radius 3 is 2.30 bits per heavy atom. The van der Waals surface area contributed by atoms with Crippen LogP contribution in [0.1, 0.15) is 30.1 Å². The number of hydrogen-bond donors (Lipinski definition) is 0. The first-order valence-corrected chi connectivity index (χ1v) is 8.75. The van der Waals surface area contributed by atoms with E-state index in [1.54, 1.807) is 29.2 Å². The number of nitrogens with zero attached hydrogens (tertiary/aromatic N) is 4. The van der Waals surface area contributed by atoms with Crippen molar-refractivity contribution in [2.24, 2.45) is 5.11 Å². The Morgan fingerprint density at radius 1 is 1.07 bits per heavy atom. The normalized spacial score (nSPS) is 21.1. The molecule has 1 aliphatic carbocycles. The second kappa shape index (κ2) is 8.38. The summed E-state index contributed by atoms with van der Waals surface area (Å²) in [5.41, 5.74) is 9.96. The number of hydrogen-bond acceptors (Lipinski definition) is 4. The van der Waals surface area contributed by atoms with Gasteiger partial charge in [-0.25, -0.2) is 4.79 Å². The van der Waals surface area contributed by atoms with Crippen molar-refractivity contribution in [2.75, 3.05) is 4.90 Å². The zero-order valence-electron chi connectivity index (χ0n) is 14.9. The van der Waals surface area contributed by atoms with Gasteiger partial charge < -0.3 is 9.64 Å². The average molecular weight is 364 g/mol. The molecule has 0 N–H and O–H groups in total. The first-order chi connectivity index (χ1) is 13.1. The third-order valence-corrected chi connectivity index (χ3v) is 4.64. The summed E-state index contributed by atoms with van der Waals surface area (Å²) >= 11 is 0. The molecule has 0 bridgehead atoms. The van der Waals surface area contributed by atoms with Gasteiger partial charge in [0.25, 0.3) is 0 Å². The molecule has 7 nitrogen and oxygen atoms in total. The van der Waals surface area contributed by atoms with Crippen LogP contribution >= 0.6 is 0 Å². The summed E-state index contributed by atoms with van der Waals surface area (Å²) in [5, 5.41) is 3.79. The molecule has 0 saturated heterocycles. The number of ether oxygens (including phenoxy) is 1. The molecule has 0 spiro atoms. The molecule has 3 atom stereocenters. The van der Waals surface area contributed by atoms with E-state index in [1.165, 1.54) is 6.92 Å². The average Bonchev–Trinajstić information content (AvgIpc) is 3.05. The Balaban J connectivity index is 1.88. The summed E-state index contributed by atoms with van der Waals surface area (Å²) in [6, 6.07) is 17.2. The van der Waals surface area contributed by atoms with E-state index in [0.717, 1.165) is 5.69 Å². The molecule has 3 unspecified atom stereocenters. The number of carbonyl (C=O) groups is 2. The summed E-state index contributed by atoms with van der Waals surface area (Å²) < 4.78 is 5.72. The van der Waals surface area contributed by atoms with E-state index in [0.29, 0.717) is 18.4 Å². The molecular weight excluding hydrogens is 344 g/mol. The lowest BCUT2D eigenvalue weighted by Crippen LogP contribution is -2.45. The zero-order chi connectivity index (χ0) is 19.2. The van der Waals surface area contributed by atoms with E-state index >= 15 is 0 Å². The molecule has 27 heavy (non-hydrogen) atoms. The Morgan fingerprint density at radius 2 is 1.70 bits per heavy atom. The molecule has 1 amide bonds. The number of anilines is 1. The van der Waals surface area contributed by atoms with Crippen molar-refractivity contribution in [2.45, 2.75) is 38.0 Å². The summed E-state index contributed by atoms with van der Waals surface area (Å²) in [6.07, 6.45) is 0.257. The first kappa shape index (κ1) is 18.5. The van der Waals surface area contributed by atoms with E-state index in [1.807, 2.05) is 36.4 Å². The van der Waals surface area contributed by atoms with Gasteiger partial charge in [0.15, 0.2) is 0 Å². The monoisotopic (exact) mass is 364 g/mol. The summed E-state index contributed by atoms with van der Waals surface area (Å²) in [6.45, 7) is 1.48. The van der Waals surface area contributed by atoms with Gasteiger partial charge in [0.2, 0.25) is 5.91 Å². The highest BCUT2D eigenvalue weighted by atomic mass is 16.5. The number of esters is 1. The number of benzene rings is 2. The molecule has 1 saturated carbocycles. The van der Waals surface area contributed by atoms with Crippen molar-refractivity contribution in [1.29, 1.82) is 0 Å². The molecule has 138 valence electrons. The van der Waals surface area contributed by atoms with Gasteiger partial charge in [-0.1, -0.05) is 41.5 Å². The van der Waals surface area contributed by atoms with Gasteiger partial charge in [-0.15, -0.1) is 0 Å². The SMILES string of the molecule is CC(=O)N(c1ccccc1)C1CC(N=[N+]=[N-])CC1OC(=O)c1ccccc1. The number of para-hydroxylation sites is 1. The third-order valence-electron chi connectivity index (χ3n) is 4.64. The van der Waals surface area contributed by atoms with Crippen LogP contribution < -0.4 is 4.90 Å². The third kappa shape index (κ3) is 4.27. The molecular formula is C20H20N4O3. The van der Waals surface area contributed by atoms with Crippen molar-refractivity contribution in [3.05, 3.63) is 76.7 Å². The fourth-order valence-corrected chi connectivity index (χ4v) is 3.49. The van der Waals surface area contributed by atoms with Crippen molar-refractivity contribution >= 4 is 17.6 Å². The van der Waals surface area contributed by atoms with Crippen molar-refractivity contribution < 1.29 is 14.3 Å². The molecule has 0 radical (unpaired) electrons. The fraction of sp³-hybridized carbons (Fsp3) is 0.300. The second-order valence-electron chi connectivity index (χ2n) is 6.43. The maximum atomic E-state index is 12.5. The largest absolute Gasteiger partial charge is 0.457 e. The molecule has 0 aliphatic heterocycles. The van der Waals surface area contributed by atoms with E-state index in [4.69, 9.17) is 10.3 Å². The highest BCUT2D eigenvalue weighted by Gasteiger charge is 2.41. The fourth-order valence-electron chi connectivity index (χ4n) is 3.49. The van der Waals surface area contributed by atoms with Gasteiger partial charge in [-0.2, -0.15) is 0 Å². The Hall–Kier alpha value is -3.31. The van der Waals surface area contributed by atoms with Gasteiger partial charge in [-0.05, 0) is 42.6 Å². The molecule has 2 aromatic rings. The van der Waals surface area contributed by atoms with Crippen molar-refractivity contribution in [3.63, 3.8) is 0 Å². The number of azide groups is 1. The number of amides is 1. The molecule has 0 heterocycles.